The molecule has 2 rings (SSSR count). The highest BCUT2D eigenvalue weighted by molar-refractivity contribution is 7.99. The number of rotatable bonds is 5. The lowest BCUT2D eigenvalue weighted by molar-refractivity contribution is 0.179. The molecule has 8 heteroatoms. The van der Waals surface area contributed by atoms with Gasteiger partial charge >= 0.3 is 6.09 Å². The van der Waals surface area contributed by atoms with E-state index in [4.69, 9.17) is 10.3 Å². The first-order valence-electron chi connectivity index (χ1n) is 6.06. The van der Waals surface area contributed by atoms with Crippen LogP contribution in [0.3, 0.4) is 0 Å². The van der Waals surface area contributed by atoms with Crippen molar-refractivity contribution in [1.29, 1.82) is 0 Å². The summed E-state index contributed by atoms with van der Waals surface area (Å²) >= 11 is 1.39. The summed E-state index contributed by atoms with van der Waals surface area (Å²) in [5, 5.41) is 3.44. The molecule has 1 aliphatic rings. The highest BCUT2D eigenvalue weighted by Gasteiger charge is 2.34. The third kappa shape index (κ3) is 2.97. The Morgan fingerprint density at radius 3 is 3.10 bits per heavy atom. The molecule has 0 aliphatic carbocycles. The van der Waals surface area contributed by atoms with E-state index in [1.165, 1.54) is 22.7 Å². The summed E-state index contributed by atoms with van der Waals surface area (Å²) in [6, 6.07) is 4.20. The Morgan fingerprint density at radius 2 is 2.45 bits per heavy atom. The van der Waals surface area contributed by atoms with Gasteiger partial charge in [0.05, 0.1) is 18.3 Å². The molecule has 0 bridgehead atoms. The van der Waals surface area contributed by atoms with Gasteiger partial charge < -0.3 is 4.74 Å². The van der Waals surface area contributed by atoms with Crippen LogP contribution in [0.5, 0.6) is 0 Å². The minimum absolute atomic E-state index is 0.0926. The van der Waals surface area contributed by atoms with Crippen LogP contribution in [0.2, 0.25) is 0 Å². The molecule has 0 N–H and O–H groups in total. The molecule has 1 heterocycles. The highest BCUT2D eigenvalue weighted by Crippen LogP contribution is 2.29. The molecular weight excluding hydrogens is 283 g/mol. The van der Waals surface area contributed by atoms with Gasteiger partial charge in [0, 0.05) is 9.81 Å². The van der Waals surface area contributed by atoms with Crippen LogP contribution >= 0.6 is 11.8 Å². The van der Waals surface area contributed by atoms with Crippen LogP contribution < -0.4 is 4.90 Å². The molecule has 1 amide bonds. The maximum absolute atomic E-state index is 13.9. The van der Waals surface area contributed by atoms with E-state index >= 15 is 0 Å². The van der Waals surface area contributed by atoms with Gasteiger partial charge in [-0.25, -0.2) is 9.18 Å². The fourth-order valence-electron chi connectivity index (χ4n) is 1.95. The Labute approximate surface area is 119 Å². The molecule has 1 aromatic carbocycles. The SMILES string of the molecule is CCSc1ccc(N2C(=O)OCC2CN=[N+]=[N-])cc1F. The summed E-state index contributed by atoms with van der Waals surface area (Å²) in [5.41, 5.74) is 8.75. The maximum atomic E-state index is 13.9. The lowest BCUT2D eigenvalue weighted by atomic mass is 10.2. The first-order chi connectivity index (χ1) is 9.67. The molecule has 1 unspecified atom stereocenters. The van der Waals surface area contributed by atoms with Crippen molar-refractivity contribution in [1.82, 2.24) is 0 Å². The zero-order valence-electron chi connectivity index (χ0n) is 10.8. The molecule has 20 heavy (non-hydrogen) atoms. The third-order valence-electron chi connectivity index (χ3n) is 2.81. The van der Waals surface area contributed by atoms with Crippen LogP contribution in [0.1, 0.15) is 6.92 Å². The van der Waals surface area contributed by atoms with Crippen LogP contribution in [0.25, 0.3) is 10.4 Å². The lowest BCUT2D eigenvalue weighted by Crippen LogP contribution is -2.35. The van der Waals surface area contributed by atoms with E-state index in [1.54, 1.807) is 12.1 Å². The van der Waals surface area contributed by atoms with Gasteiger partial charge in [-0.2, -0.15) is 0 Å². The van der Waals surface area contributed by atoms with Crippen molar-refractivity contribution in [3.63, 3.8) is 0 Å². The Balaban J connectivity index is 2.26. The molecule has 1 saturated heterocycles. The van der Waals surface area contributed by atoms with E-state index in [0.717, 1.165) is 5.75 Å². The molecule has 1 fully saturated rings. The highest BCUT2D eigenvalue weighted by atomic mass is 32.2. The van der Waals surface area contributed by atoms with Crippen LogP contribution in [0.4, 0.5) is 14.9 Å². The number of benzene rings is 1. The molecule has 1 aliphatic heterocycles. The van der Waals surface area contributed by atoms with Crippen molar-refractivity contribution in [2.75, 3.05) is 23.8 Å². The largest absolute Gasteiger partial charge is 0.447 e. The molecular formula is C12H13FN4O2S. The molecule has 1 atom stereocenters. The summed E-state index contributed by atoms with van der Waals surface area (Å²) in [6.07, 6.45) is -0.557. The number of ether oxygens (including phenoxy) is 1. The van der Waals surface area contributed by atoms with E-state index in [2.05, 4.69) is 10.0 Å². The number of cyclic esters (lactones) is 1. The summed E-state index contributed by atoms with van der Waals surface area (Å²) in [4.78, 5) is 16.2. The van der Waals surface area contributed by atoms with E-state index in [9.17, 15) is 9.18 Å². The van der Waals surface area contributed by atoms with E-state index in [1.807, 2.05) is 6.92 Å². The Hall–Kier alpha value is -1.92. The van der Waals surface area contributed by atoms with Gasteiger partial charge in [-0.15, -0.1) is 11.8 Å². The molecule has 106 valence electrons. The van der Waals surface area contributed by atoms with Crippen molar-refractivity contribution >= 4 is 23.5 Å². The Bertz CT molecular complexity index is 562. The average Bonchev–Trinajstić information content (AvgIpc) is 2.80. The first kappa shape index (κ1) is 14.5. The second-order valence-electron chi connectivity index (χ2n) is 4.06. The summed E-state index contributed by atoms with van der Waals surface area (Å²) in [7, 11) is 0. The van der Waals surface area contributed by atoms with E-state index in [-0.39, 0.29) is 19.0 Å². The number of hydrogen-bond acceptors (Lipinski definition) is 4. The lowest BCUT2D eigenvalue weighted by Gasteiger charge is -2.20. The third-order valence-corrected chi connectivity index (χ3v) is 3.74. The van der Waals surface area contributed by atoms with Gasteiger partial charge in [-0.1, -0.05) is 12.0 Å². The van der Waals surface area contributed by atoms with Crippen molar-refractivity contribution in [3.8, 4) is 0 Å². The number of carbonyl (C=O) groups excluding carboxylic acids is 1. The smallest absolute Gasteiger partial charge is 0.414 e. The summed E-state index contributed by atoms with van der Waals surface area (Å²) in [6.45, 7) is 2.16. The topological polar surface area (TPSA) is 78.3 Å². The average molecular weight is 296 g/mol. The van der Waals surface area contributed by atoms with Gasteiger partial charge in [-0.3, -0.25) is 4.90 Å². The standard InChI is InChI=1S/C12H13FN4O2S/c1-2-20-11-4-3-8(5-10(11)13)17-9(6-15-16-14)7-19-12(17)18/h3-5,9H,2,6-7H2,1H3. The fourth-order valence-corrected chi connectivity index (χ4v) is 2.63. The second-order valence-corrected chi connectivity index (χ2v) is 5.37. The number of halogens is 1. The van der Waals surface area contributed by atoms with Crippen molar-refractivity contribution in [2.24, 2.45) is 5.11 Å². The fraction of sp³-hybridized carbons (Fsp3) is 0.417. The number of anilines is 1. The minimum Gasteiger partial charge on any atom is -0.447 e. The summed E-state index contributed by atoms with van der Waals surface area (Å²) < 4.78 is 18.8. The van der Waals surface area contributed by atoms with Gasteiger partial charge in [0.25, 0.3) is 0 Å². The van der Waals surface area contributed by atoms with E-state index in [0.29, 0.717) is 10.6 Å². The number of carbonyl (C=O) groups is 1. The number of amides is 1. The number of hydrogen-bond donors (Lipinski definition) is 0. The predicted molar refractivity (Wildman–Crippen MR) is 74.4 cm³/mol. The van der Waals surface area contributed by atoms with Gasteiger partial charge in [0.15, 0.2) is 0 Å². The zero-order chi connectivity index (χ0) is 14.5. The molecule has 0 radical (unpaired) electrons. The van der Waals surface area contributed by atoms with Crippen molar-refractivity contribution < 1.29 is 13.9 Å². The summed E-state index contributed by atoms with van der Waals surface area (Å²) in [5.74, 6) is 0.387. The van der Waals surface area contributed by atoms with E-state index < -0.39 is 12.1 Å². The number of azide groups is 1. The van der Waals surface area contributed by atoms with Crippen LogP contribution in [0.15, 0.2) is 28.2 Å². The van der Waals surface area contributed by atoms with Gasteiger partial charge in [0.2, 0.25) is 0 Å². The van der Waals surface area contributed by atoms with Crippen molar-refractivity contribution in [3.05, 3.63) is 34.5 Å². The molecule has 0 saturated carbocycles. The molecule has 1 aromatic rings. The monoisotopic (exact) mass is 296 g/mol. The van der Waals surface area contributed by atoms with Gasteiger partial charge in [-0.05, 0) is 29.5 Å². The number of nitrogens with zero attached hydrogens (tertiary/aromatic N) is 4. The molecule has 6 nitrogen and oxygen atoms in total. The van der Waals surface area contributed by atoms with Crippen LogP contribution in [-0.2, 0) is 4.74 Å². The first-order valence-corrected chi connectivity index (χ1v) is 7.05. The molecule has 0 aromatic heterocycles. The van der Waals surface area contributed by atoms with Crippen LogP contribution in [0, 0.1) is 5.82 Å². The van der Waals surface area contributed by atoms with Crippen LogP contribution in [-0.4, -0.2) is 31.0 Å². The van der Waals surface area contributed by atoms with Crippen molar-refractivity contribution in [2.45, 2.75) is 17.9 Å². The Morgan fingerprint density at radius 1 is 1.65 bits per heavy atom. The second kappa shape index (κ2) is 6.49. The maximum Gasteiger partial charge on any atom is 0.414 e. The predicted octanol–water partition coefficient (Wildman–Crippen LogP) is 3.57. The quantitative estimate of drug-likeness (QED) is 0.360. The Kier molecular flexibility index (Phi) is 4.70. The number of thioether (sulfide) groups is 1. The van der Waals surface area contributed by atoms with Gasteiger partial charge in [0.1, 0.15) is 12.4 Å². The molecule has 0 spiro atoms. The normalized spacial score (nSPS) is 17.8. The zero-order valence-corrected chi connectivity index (χ0v) is 11.6. The minimum atomic E-state index is -0.557.